The number of thioether (sulfide) groups is 1. The number of carbonyl (C=O) groups excluding carboxylic acids is 1. The van der Waals surface area contributed by atoms with Gasteiger partial charge in [-0.25, -0.2) is 0 Å². The maximum Gasteiger partial charge on any atom is 0.446 e. The van der Waals surface area contributed by atoms with E-state index in [1.54, 1.807) is 6.92 Å². The van der Waals surface area contributed by atoms with Crippen molar-refractivity contribution in [2.45, 2.75) is 29.6 Å². The average Bonchev–Trinajstić information content (AvgIpc) is 2.26. The van der Waals surface area contributed by atoms with E-state index in [-0.39, 0.29) is 40.3 Å². The number of alkyl halides is 4. The minimum Gasteiger partial charge on any atom is -0.294 e. The molecule has 17 heavy (non-hydrogen) atoms. The van der Waals surface area contributed by atoms with Gasteiger partial charge >= 0.3 is 5.51 Å². The van der Waals surface area contributed by atoms with Gasteiger partial charge in [-0.1, -0.05) is 13.0 Å². The van der Waals surface area contributed by atoms with Crippen LogP contribution in [0, 0.1) is 0 Å². The molecule has 1 aromatic carbocycles. The molecule has 1 nitrogen and oxygen atoms in total. The van der Waals surface area contributed by atoms with E-state index in [0.29, 0.717) is 5.56 Å². The summed E-state index contributed by atoms with van der Waals surface area (Å²) < 4.78 is 36.9. The van der Waals surface area contributed by atoms with Gasteiger partial charge in [-0.3, -0.25) is 4.79 Å². The molecule has 6 heteroatoms. The summed E-state index contributed by atoms with van der Waals surface area (Å²) >= 11 is 5.32. The highest BCUT2D eigenvalue weighted by Crippen LogP contribution is 2.39. The van der Waals surface area contributed by atoms with Crippen LogP contribution < -0.4 is 0 Å². The third-order valence-electron chi connectivity index (χ3n) is 2.05. The Hall–Kier alpha value is -0.680. The molecule has 0 amide bonds. The zero-order chi connectivity index (χ0) is 13.1. The van der Waals surface area contributed by atoms with E-state index in [0.717, 1.165) is 0 Å². The van der Waals surface area contributed by atoms with E-state index < -0.39 is 5.51 Å². The monoisotopic (exact) mass is 282 g/mol. The molecule has 0 aliphatic rings. The van der Waals surface area contributed by atoms with Gasteiger partial charge in [0.25, 0.3) is 0 Å². The molecule has 94 valence electrons. The lowest BCUT2D eigenvalue weighted by molar-refractivity contribution is -0.0328. The van der Waals surface area contributed by atoms with Gasteiger partial charge in [-0.15, -0.1) is 11.6 Å². The van der Waals surface area contributed by atoms with Gasteiger partial charge in [-0.2, -0.15) is 13.2 Å². The SMILES string of the molecule is CCC(=O)c1cc(CCl)ccc1SC(F)(F)F. The molecular formula is C11H10ClF3OS. The standard InChI is InChI=1S/C11H10ClF3OS/c1-2-9(16)8-5-7(6-12)3-4-10(8)17-11(13,14)15/h3-5H,2,6H2,1H3. The molecule has 1 aromatic rings. The highest BCUT2D eigenvalue weighted by atomic mass is 35.5. The van der Waals surface area contributed by atoms with Gasteiger partial charge in [0.05, 0.1) is 0 Å². The number of halogens is 4. The molecule has 0 N–H and O–H groups in total. The van der Waals surface area contributed by atoms with E-state index in [1.807, 2.05) is 0 Å². The minimum atomic E-state index is -4.40. The smallest absolute Gasteiger partial charge is 0.294 e. The first kappa shape index (κ1) is 14.4. The Morgan fingerprint density at radius 2 is 2.06 bits per heavy atom. The summed E-state index contributed by atoms with van der Waals surface area (Å²) in [6, 6.07) is 4.21. The van der Waals surface area contributed by atoms with Crippen molar-refractivity contribution in [2.75, 3.05) is 0 Å². The van der Waals surface area contributed by atoms with Crippen LogP contribution in [-0.2, 0) is 5.88 Å². The summed E-state index contributed by atoms with van der Waals surface area (Å²) in [6.45, 7) is 1.61. The first-order chi connectivity index (χ1) is 7.87. The van der Waals surface area contributed by atoms with E-state index >= 15 is 0 Å². The molecule has 0 spiro atoms. The molecule has 0 aromatic heterocycles. The van der Waals surface area contributed by atoms with Gasteiger partial charge in [0.15, 0.2) is 5.78 Å². The number of carbonyl (C=O) groups is 1. The third-order valence-corrected chi connectivity index (χ3v) is 3.16. The molecule has 0 saturated heterocycles. The molecular weight excluding hydrogens is 273 g/mol. The fourth-order valence-corrected chi connectivity index (χ4v) is 2.12. The number of rotatable bonds is 4. The minimum absolute atomic E-state index is 0.0711. The first-order valence-electron chi connectivity index (χ1n) is 4.85. The fraction of sp³-hybridized carbons (Fsp3) is 0.364. The normalized spacial score (nSPS) is 11.6. The second-order valence-corrected chi connectivity index (χ2v) is 4.66. The highest BCUT2D eigenvalue weighted by molar-refractivity contribution is 8.00. The highest BCUT2D eigenvalue weighted by Gasteiger charge is 2.31. The average molecular weight is 283 g/mol. The Balaban J connectivity index is 3.15. The van der Waals surface area contributed by atoms with Crippen molar-refractivity contribution in [1.29, 1.82) is 0 Å². The van der Waals surface area contributed by atoms with Crippen LogP contribution in [0.5, 0.6) is 0 Å². The Morgan fingerprint density at radius 3 is 2.53 bits per heavy atom. The Bertz CT molecular complexity index is 418. The second kappa shape index (κ2) is 5.78. The molecule has 1 rings (SSSR count). The van der Waals surface area contributed by atoms with Crippen molar-refractivity contribution in [3.05, 3.63) is 29.3 Å². The number of Topliss-reactive ketones (excluding diaryl/α,β-unsaturated/α-hetero) is 1. The zero-order valence-corrected chi connectivity index (χ0v) is 10.5. The van der Waals surface area contributed by atoms with Crippen molar-refractivity contribution in [3.63, 3.8) is 0 Å². The molecule has 0 unspecified atom stereocenters. The summed E-state index contributed by atoms with van der Waals surface area (Å²) in [4.78, 5) is 11.5. The Kier molecular flexibility index (Phi) is 4.89. The lowest BCUT2D eigenvalue weighted by atomic mass is 10.1. The van der Waals surface area contributed by atoms with Crippen molar-refractivity contribution >= 4 is 29.1 Å². The zero-order valence-electron chi connectivity index (χ0n) is 8.97. The maximum atomic E-state index is 12.3. The van der Waals surface area contributed by atoms with Gasteiger partial charge in [0.1, 0.15) is 0 Å². The summed E-state index contributed by atoms with van der Waals surface area (Å²) in [5, 5.41) is 0. The number of hydrogen-bond acceptors (Lipinski definition) is 2. The Labute approximate surface area is 106 Å². The van der Waals surface area contributed by atoms with Crippen molar-refractivity contribution < 1.29 is 18.0 Å². The number of ketones is 1. The van der Waals surface area contributed by atoms with Crippen LogP contribution in [-0.4, -0.2) is 11.3 Å². The maximum absolute atomic E-state index is 12.3. The van der Waals surface area contributed by atoms with E-state index in [1.165, 1.54) is 18.2 Å². The van der Waals surface area contributed by atoms with Crippen molar-refractivity contribution in [1.82, 2.24) is 0 Å². The van der Waals surface area contributed by atoms with E-state index in [4.69, 9.17) is 11.6 Å². The summed E-state index contributed by atoms with van der Waals surface area (Å²) in [5.74, 6) is -0.148. The van der Waals surface area contributed by atoms with Gasteiger partial charge < -0.3 is 0 Å². The molecule has 0 aliphatic carbocycles. The largest absolute Gasteiger partial charge is 0.446 e. The molecule has 0 saturated carbocycles. The topological polar surface area (TPSA) is 17.1 Å². The Morgan fingerprint density at radius 1 is 1.41 bits per heavy atom. The van der Waals surface area contributed by atoms with Crippen molar-refractivity contribution in [3.8, 4) is 0 Å². The summed E-state index contributed by atoms with van der Waals surface area (Å²) in [6.07, 6.45) is 0.164. The van der Waals surface area contributed by atoms with Crippen LogP contribution in [0.1, 0.15) is 29.3 Å². The summed E-state index contributed by atoms with van der Waals surface area (Å²) in [7, 11) is 0. The first-order valence-corrected chi connectivity index (χ1v) is 6.20. The van der Waals surface area contributed by atoms with Gasteiger partial charge in [0.2, 0.25) is 0 Å². The van der Waals surface area contributed by atoms with Gasteiger partial charge in [-0.05, 0) is 29.5 Å². The van der Waals surface area contributed by atoms with Crippen LogP contribution in [0.2, 0.25) is 0 Å². The van der Waals surface area contributed by atoms with E-state index in [9.17, 15) is 18.0 Å². The van der Waals surface area contributed by atoms with Crippen LogP contribution in [0.15, 0.2) is 23.1 Å². The van der Waals surface area contributed by atoms with Gasteiger partial charge in [0, 0.05) is 22.8 Å². The lowest BCUT2D eigenvalue weighted by Gasteiger charge is -2.11. The van der Waals surface area contributed by atoms with Crippen LogP contribution in [0.3, 0.4) is 0 Å². The number of hydrogen-bond donors (Lipinski definition) is 0. The van der Waals surface area contributed by atoms with Crippen molar-refractivity contribution in [2.24, 2.45) is 0 Å². The molecule has 0 radical (unpaired) electrons. The predicted molar refractivity (Wildman–Crippen MR) is 62.5 cm³/mol. The fourth-order valence-electron chi connectivity index (χ4n) is 1.28. The van der Waals surface area contributed by atoms with E-state index in [2.05, 4.69) is 0 Å². The predicted octanol–water partition coefficient (Wildman–Crippen LogP) is 4.63. The molecule has 0 aliphatic heterocycles. The van der Waals surface area contributed by atoms with Crippen LogP contribution >= 0.6 is 23.4 Å². The molecule has 0 atom stereocenters. The van der Waals surface area contributed by atoms with Crippen LogP contribution in [0.4, 0.5) is 13.2 Å². The third kappa shape index (κ3) is 4.24. The quantitative estimate of drug-likeness (QED) is 0.455. The second-order valence-electron chi connectivity index (χ2n) is 3.29. The number of benzene rings is 1. The summed E-state index contributed by atoms with van der Waals surface area (Å²) in [5.41, 5.74) is -3.67. The van der Waals surface area contributed by atoms with Crippen LogP contribution in [0.25, 0.3) is 0 Å². The molecule has 0 bridgehead atoms. The lowest BCUT2D eigenvalue weighted by Crippen LogP contribution is -2.05. The molecule has 0 heterocycles. The molecule has 0 fully saturated rings.